The number of para-hydroxylation sites is 1. The molecule has 0 radical (unpaired) electrons. The minimum absolute atomic E-state index is 0.867. The lowest BCUT2D eigenvalue weighted by Crippen LogP contribution is -1.87. The van der Waals surface area contributed by atoms with Gasteiger partial charge in [0, 0.05) is 20.7 Å². The van der Waals surface area contributed by atoms with Crippen molar-refractivity contribution in [2.75, 3.05) is 7.11 Å². The molecule has 20 heavy (non-hydrogen) atoms. The van der Waals surface area contributed by atoms with Gasteiger partial charge in [-0.2, -0.15) is 0 Å². The van der Waals surface area contributed by atoms with Crippen molar-refractivity contribution in [1.82, 2.24) is 4.98 Å². The van der Waals surface area contributed by atoms with E-state index in [1.54, 1.807) is 18.4 Å². The molecule has 0 bridgehead atoms. The molecular weight excluding hydrogens is 286 g/mol. The lowest BCUT2D eigenvalue weighted by Gasteiger charge is -2.04. The van der Waals surface area contributed by atoms with Crippen molar-refractivity contribution in [3.05, 3.63) is 45.5 Å². The Hall–Kier alpha value is -1.65. The smallest absolute Gasteiger partial charge is 0.129 e. The normalized spacial score (nSPS) is 10.8. The van der Waals surface area contributed by atoms with E-state index in [2.05, 4.69) is 25.3 Å². The van der Waals surface area contributed by atoms with Gasteiger partial charge in [0.1, 0.15) is 10.8 Å². The number of hydrogen-bond acceptors (Lipinski definition) is 4. The van der Waals surface area contributed by atoms with Gasteiger partial charge in [-0.3, -0.25) is 0 Å². The molecule has 102 valence electrons. The first-order valence-electron chi connectivity index (χ1n) is 6.35. The molecule has 2 aromatic heterocycles. The zero-order valence-corrected chi connectivity index (χ0v) is 13.3. The molecule has 0 N–H and O–H groups in total. The Balaban J connectivity index is 2.04. The number of aromatic nitrogens is 1. The maximum Gasteiger partial charge on any atom is 0.129 e. The SMILES string of the molecule is COc1ccccc1-c1nc(-c2cc(C)sc2C)cs1. The Morgan fingerprint density at radius 2 is 1.90 bits per heavy atom. The predicted octanol–water partition coefficient (Wildman–Crippen LogP) is 5.16. The maximum atomic E-state index is 5.41. The first-order chi connectivity index (χ1) is 9.69. The lowest BCUT2D eigenvalue weighted by atomic mass is 10.2. The standard InChI is InChI=1S/C16H15NOS2/c1-10-8-13(11(2)20-10)14-9-19-16(17-14)12-6-4-5-7-15(12)18-3/h4-9H,1-3H3. The van der Waals surface area contributed by atoms with Crippen molar-refractivity contribution < 1.29 is 4.74 Å². The Morgan fingerprint density at radius 3 is 2.60 bits per heavy atom. The largest absolute Gasteiger partial charge is 0.496 e. The Kier molecular flexibility index (Phi) is 3.59. The van der Waals surface area contributed by atoms with Crippen molar-refractivity contribution in [3.8, 4) is 27.6 Å². The highest BCUT2D eigenvalue weighted by molar-refractivity contribution is 7.14. The van der Waals surface area contributed by atoms with Crippen LogP contribution in [0.15, 0.2) is 35.7 Å². The summed E-state index contributed by atoms with van der Waals surface area (Å²) >= 11 is 3.48. The third-order valence-corrected chi connectivity index (χ3v) is 5.00. The highest BCUT2D eigenvalue weighted by atomic mass is 32.1. The van der Waals surface area contributed by atoms with Crippen LogP contribution in [0.4, 0.5) is 0 Å². The zero-order chi connectivity index (χ0) is 14.1. The summed E-state index contributed by atoms with van der Waals surface area (Å²) in [4.78, 5) is 7.42. The van der Waals surface area contributed by atoms with Crippen LogP contribution in [0.2, 0.25) is 0 Å². The molecule has 0 aliphatic carbocycles. The molecule has 1 aromatic carbocycles. The van der Waals surface area contributed by atoms with Crippen LogP contribution in [0.1, 0.15) is 9.75 Å². The maximum absolute atomic E-state index is 5.41. The van der Waals surface area contributed by atoms with Crippen molar-refractivity contribution in [1.29, 1.82) is 0 Å². The van der Waals surface area contributed by atoms with Crippen LogP contribution in [-0.2, 0) is 0 Å². The van der Waals surface area contributed by atoms with Gasteiger partial charge in [-0.25, -0.2) is 4.98 Å². The second-order valence-corrected chi connectivity index (χ2v) is 6.88. The lowest BCUT2D eigenvalue weighted by molar-refractivity contribution is 0.416. The summed E-state index contributed by atoms with van der Waals surface area (Å²) in [5, 5.41) is 3.12. The van der Waals surface area contributed by atoms with E-state index in [0.29, 0.717) is 0 Å². The van der Waals surface area contributed by atoms with E-state index in [1.807, 2.05) is 35.6 Å². The highest BCUT2D eigenvalue weighted by Crippen LogP contribution is 2.36. The molecule has 0 spiro atoms. The molecule has 2 nitrogen and oxygen atoms in total. The number of thiophene rings is 1. The molecule has 0 aliphatic heterocycles. The molecule has 0 saturated carbocycles. The number of aryl methyl sites for hydroxylation is 2. The van der Waals surface area contributed by atoms with Crippen LogP contribution < -0.4 is 4.74 Å². The zero-order valence-electron chi connectivity index (χ0n) is 11.6. The van der Waals surface area contributed by atoms with E-state index in [-0.39, 0.29) is 0 Å². The second-order valence-electron chi connectivity index (χ2n) is 4.57. The second kappa shape index (κ2) is 5.38. The fourth-order valence-corrected chi connectivity index (χ4v) is 4.01. The third kappa shape index (κ3) is 2.37. The molecule has 3 aromatic rings. The molecule has 2 heterocycles. The first-order valence-corrected chi connectivity index (χ1v) is 8.05. The molecule has 0 unspecified atom stereocenters. The monoisotopic (exact) mass is 301 g/mol. The summed E-state index contributed by atoms with van der Waals surface area (Å²) in [6.45, 7) is 4.28. The van der Waals surface area contributed by atoms with Crippen LogP contribution in [0, 0.1) is 13.8 Å². The van der Waals surface area contributed by atoms with Gasteiger partial charge in [-0.1, -0.05) is 12.1 Å². The van der Waals surface area contributed by atoms with Crippen molar-refractivity contribution in [3.63, 3.8) is 0 Å². The Morgan fingerprint density at radius 1 is 1.10 bits per heavy atom. The Labute approximate surface area is 126 Å². The van der Waals surface area contributed by atoms with Gasteiger partial charge in [-0.05, 0) is 32.0 Å². The molecule has 0 atom stereocenters. The van der Waals surface area contributed by atoms with Gasteiger partial charge in [0.05, 0.1) is 18.4 Å². The summed E-state index contributed by atoms with van der Waals surface area (Å²) in [5.41, 5.74) is 3.35. The molecule has 4 heteroatoms. The molecule has 3 rings (SSSR count). The van der Waals surface area contributed by atoms with E-state index in [1.165, 1.54) is 15.3 Å². The average molecular weight is 301 g/mol. The van der Waals surface area contributed by atoms with Crippen LogP contribution in [0.5, 0.6) is 5.75 Å². The van der Waals surface area contributed by atoms with Crippen molar-refractivity contribution >= 4 is 22.7 Å². The summed E-state index contributed by atoms with van der Waals surface area (Å²) < 4.78 is 5.41. The van der Waals surface area contributed by atoms with Crippen molar-refractivity contribution in [2.45, 2.75) is 13.8 Å². The van der Waals surface area contributed by atoms with Gasteiger partial charge in [0.2, 0.25) is 0 Å². The predicted molar refractivity (Wildman–Crippen MR) is 86.9 cm³/mol. The minimum Gasteiger partial charge on any atom is -0.496 e. The summed E-state index contributed by atoms with van der Waals surface area (Å²) in [7, 11) is 1.69. The van der Waals surface area contributed by atoms with Gasteiger partial charge in [0.15, 0.2) is 0 Å². The van der Waals surface area contributed by atoms with Gasteiger partial charge >= 0.3 is 0 Å². The van der Waals surface area contributed by atoms with E-state index in [0.717, 1.165) is 22.0 Å². The number of hydrogen-bond donors (Lipinski definition) is 0. The van der Waals surface area contributed by atoms with E-state index >= 15 is 0 Å². The average Bonchev–Trinajstić information content (AvgIpc) is 3.05. The topological polar surface area (TPSA) is 22.1 Å². The van der Waals surface area contributed by atoms with Crippen LogP contribution >= 0.6 is 22.7 Å². The minimum atomic E-state index is 0.867. The van der Waals surface area contributed by atoms with Gasteiger partial charge < -0.3 is 4.74 Å². The van der Waals surface area contributed by atoms with Gasteiger partial charge in [0.25, 0.3) is 0 Å². The molecule has 0 fully saturated rings. The van der Waals surface area contributed by atoms with E-state index in [9.17, 15) is 0 Å². The number of benzene rings is 1. The fraction of sp³-hybridized carbons (Fsp3) is 0.188. The Bertz CT molecular complexity index is 743. The summed E-state index contributed by atoms with van der Waals surface area (Å²) in [6, 6.07) is 10.2. The highest BCUT2D eigenvalue weighted by Gasteiger charge is 2.13. The number of methoxy groups -OCH3 is 1. The van der Waals surface area contributed by atoms with E-state index < -0.39 is 0 Å². The number of thiazole rings is 1. The number of nitrogens with zero attached hydrogens (tertiary/aromatic N) is 1. The van der Waals surface area contributed by atoms with E-state index in [4.69, 9.17) is 9.72 Å². The summed E-state index contributed by atoms with van der Waals surface area (Å²) in [6.07, 6.45) is 0. The first kappa shape index (κ1) is 13.3. The summed E-state index contributed by atoms with van der Waals surface area (Å²) in [5.74, 6) is 0.867. The number of rotatable bonds is 3. The van der Waals surface area contributed by atoms with Crippen molar-refractivity contribution in [2.24, 2.45) is 0 Å². The van der Waals surface area contributed by atoms with Gasteiger partial charge in [-0.15, -0.1) is 22.7 Å². The molecule has 0 amide bonds. The molecular formula is C16H15NOS2. The molecule has 0 saturated heterocycles. The van der Waals surface area contributed by atoms with Crippen LogP contribution in [0.3, 0.4) is 0 Å². The quantitative estimate of drug-likeness (QED) is 0.666. The fourth-order valence-electron chi connectivity index (χ4n) is 2.23. The number of ether oxygens (including phenoxy) is 1. The molecule has 0 aliphatic rings. The van der Waals surface area contributed by atoms with Crippen LogP contribution in [-0.4, -0.2) is 12.1 Å². The third-order valence-electron chi connectivity index (χ3n) is 3.16. The van der Waals surface area contributed by atoms with Crippen LogP contribution in [0.25, 0.3) is 21.8 Å².